The summed E-state index contributed by atoms with van der Waals surface area (Å²) in [5.41, 5.74) is 2.50. The van der Waals surface area contributed by atoms with E-state index in [1.54, 1.807) is 13.0 Å². The Balaban J connectivity index is 1.20. The van der Waals surface area contributed by atoms with Gasteiger partial charge in [0.25, 0.3) is 0 Å². The van der Waals surface area contributed by atoms with Crippen molar-refractivity contribution in [3.63, 3.8) is 0 Å². The average molecular weight is 398 g/mol. The highest BCUT2D eigenvalue weighted by atomic mass is 16.5. The van der Waals surface area contributed by atoms with Gasteiger partial charge in [0.1, 0.15) is 0 Å². The van der Waals surface area contributed by atoms with E-state index in [-0.39, 0.29) is 6.09 Å². The second-order valence-corrected chi connectivity index (χ2v) is 9.53. The lowest BCUT2D eigenvalue weighted by Gasteiger charge is -2.57. The van der Waals surface area contributed by atoms with Crippen molar-refractivity contribution in [3.05, 3.63) is 41.0 Å². The number of nitrogens with one attached hydrogen (secondary N) is 1. The number of aliphatic carboxylic acids is 1. The lowest BCUT2D eigenvalue weighted by molar-refractivity contribution is -0.132. The van der Waals surface area contributed by atoms with Crippen LogP contribution in [0.1, 0.15) is 63.0 Å². The Morgan fingerprint density at radius 2 is 1.69 bits per heavy atom. The van der Waals surface area contributed by atoms with Crippen LogP contribution in [0.4, 0.5) is 4.79 Å². The van der Waals surface area contributed by atoms with Gasteiger partial charge in [-0.2, -0.15) is 0 Å². The van der Waals surface area contributed by atoms with Gasteiger partial charge in [0.05, 0.1) is 6.61 Å². The van der Waals surface area contributed by atoms with Crippen LogP contribution in [0.15, 0.2) is 29.8 Å². The summed E-state index contributed by atoms with van der Waals surface area (Å²) >= 11 is 0. The fourth-order valence-corrected chi connectivity index (χ4v) is 6.23. The van der Waals surface area contributed by atoms with Crippen molar-refractivity contribution < 1.29 is 19.4 Å². The van der Waals surface area contributed by atoms with Gasteiger partial charge in [-0.05, 0) is 92.2 Å². The molecule has 1 aromatic carbocycles. The Labute approximate surface area is 172 Å². The Morgan fingerprint density at radius 1 is 1.10 bits per heavy atom. The maximum Gasteiger partial charge on any atom is 0.407 e. The molecule has 5 rings (SSSR count). The molecule has 0 atom stereocenters. The fourth-order valence-electron chi connectivity index (χ4n) is 6.23. The van der Waals surface area contributed by atoms with Crippen molar-refractivity contribution in [1.82, 2.24) is 5.32 Å². The van der Waals surface area contributed by atoms with Crippen LogP contribution in [0.2, 0.25) is 0 Å². The summed E-state index contributed by atoms with van der Waals surface area (Å²) in [4.78, 5) is 23.0. The Morgan fingerprint density at radius 3 is 2.24 bits per heavy atom. The third-order valence-corrected chi connectivity index (χ3v) is 7.17. The number of alkyl carbamates (subject to hydrolysis) is 1. The van der Waals surface area contributed by atoms with Crippen LogP contribution >= 0.6 is 0 Å². The number of carbonyl (C=O) groups is 2. The molecule has 1 amide bonds. The highest BCUT2D eigenvalue weighted by Crippen LogP contribution is 2.61. The van der Waals surface area contributed by atoms with Crippen LogP contribution in [0.25, 0.3) is 6.08 Å². The maximum absolute atomic E-state index is 12.1. The van der Waals surface area contributed by atoms with Gasteiger partial charge in [0.2, 0.25) is 0 Å². The monoisotopic (exact) mass is 397 g/mol. The van der Waals surface area contributed by atoms with Crippen LogP contribution in [0, 0.1) is 23.2 Å². The van der Waals surface area contributed by atoms with E-state index in [2.05, 4.69) is 5.32 Å². The molecular weight excluding hydrogens is 366 g/mol. The Kier molecular flexibility index (Phi) is 5.66. The maximum atomic E-state index is 12.1. The summed E-state index contributed by atoms with van der Waals surface area (Å²) in [6, 6.07) is 7.47. The minimum Gasteiger partial charge on any atom is -0.478 e. The third-order valence-electron chi connectivity index (χ3n) is 7.17. The van der Waals surface area contributed by atoms with Crippen LogP contribution in [-0.4, -0.2) is 23.8 Å². The molecule has 4 fully saturated rings. The van der Waals surface area contributed by atoms with E-state index < -0.39 is 5.97 Å². The summed E-state index contributed by atoms with van der Waals surface area (Å²) < 4.78 is 5.48. The number of hydrogen-bond donors (Lipinski definition) is 2. The number of carboxylic acid groups (broad SMARTS) is 1. The molecule has 5 nitrogen and oxygen atoms in total. The molecule has 1 aromatic rings. The lowest BCUT2D eigenvalue weighted by Crippen LogP contribution is -2.46. The molecule has 156 valence electrons. The summed E-state index contributed by atoms with van der Waals surface area (Å²) in [5.74, 6) is 1.85. The first-order valence-electron chi connectivity index (χ1n) is 10.8. The lowest BCUT2D eigenvalue weighted by atomic mass is 9.49. The van der Waals surface area contributed by atoms with Crippen molar-refractivity contribution in [1.29, 1.82) is 0 Å². The standard InChI is InChI=1S/C24H31NO4/c1-16(22(26)27)8-17-2-4-18(5-3-17)15-25-23(28)29-7-6-24-12-19-9-20(13-24)11-21(10-19)14-24/h2-5,8,19-21H,6-7,9-15H2,1H3,(H,25,28)(H,26,27)/b16-8+. The van der Waals surface area contributed by atoms with Gasteiger partial charge >= 0.3 is 12.1 Å². The minimum atomic E-state index is -0.924. The van der Waals surface area contributed by atoms with Crippen LogP contribution in [-0.2, 0) is 16.1 Å². The number of ether oxygens (including phenoxy) is 1. The predicted octanol–water partition coefficient (Wildman–Crippen LogP) is 5.01. The third kappa shape index (κ3) is 4.82. The van der Waals surface area contributed by atoms with Crippen LogP contribution in [0.5, 0.6) is 0 Å². The molecule has 4 aliphatic rings. The fraction of sp³-hybridized carbons (Fsp3) is 0.583. The first kappa shape index (κ1) is 20.0. The normalized spacial score (nSPS) is 30.2. The van der Waals surface area contributed by atoms with Crippen LogP contribution < -0.4 is 5.32 Å². The number of rotatable bonds is 7. The van der Waals surface area contributed by atoms with Crippen LogP contribution in [0.3, 0.4) is 0 Å². The predicted molar refractivity (Wildman–Crippen MR) is 111 cm³/mol. The zero-order chi connectivity index (χ0) is 20.4. The summed E-state index contributed by atoms with van der Waals surface area (Å²) in [6.45, 7) is 2.48. The van der Waals surface area contributed by atoms with E-state index in [1.807, 2.05) is 24.3 Å². The summed E-state index contributed by atoms with van der Waals surface area (Å²) in [5, 5.41) is 11.7. The molecule has 4 aliphatic carbocycles. The molecule has 0 radical (unpaired) electrons. The average Bonchev–Trinajstić information content (AvgIpc) is 2.66. The molecule has 2 N–H and O–H groups in total. The van der Waals surface area contributed by atoms with Gasteiger partial charge in [-0.15, -0.1) is 0 Å². The highest BCUT2D eigenvalue weighted by Gasteiger charge is 2.50. The molecule has 0 unspecified atom stereocenters. The molecule has 0 aliphatic heterocycles. The second kappa shape index (κ2) is 8.21. The Bertz CT molecular complexity index is 760. The topological polar surface area (TPSA) is 75.6 Å². The molecule has 4 saturated carbocycles. The van der Waals surface area contributed by atoms with E-state index in [0.29, 0.717) is 24.1 Å². The zero-order valence-electron chi connectivity index (χ0n) is 17.2. The number of hydrogen-bond acceptors (Lipinski definition) is 3. The molecule has 0 saturated heterocycles. The second-order valence-electron chi connectivity index (χ2n) is 9.53. The molecule has 0 spiro atoms. The van der Waals surface area contributed by atoms with Crippen molar-refractivity contribution in [2.45, 2.75) is 58.4 Å². The van der Waals surface area contributed by atoms with Gasteiger partial charge in [0, 0.05) is 12.1 Å². The van der Waals surface area contributed by atoms with Crippen molar-refractivity contribution in [2.75, 3.05) is 6.61 Å². The Hall–Kier alpha value is -2.30. The zero-order valence-corrected chi connectivity index (χ0v) is 17.2. The van der Waals surface area contributed by atoms with E-state index in [9.17, 15) is 9.59 Å². The van der Waals surface area contributed by atoms with E-state index in [1.165, 1.54) is 38.5 Å². The molecule has 0 heterocycles. The number of carbonyl (C=O) groups excluding carboxylic acids is 1. The summed E-state index contributed by atoms with van der Waals surface area (Å²) in [6.07, 6.45) is 10.6. The van der Waals surface area contributed by atoms with Gasteiger partial charge in [-0.1, -0.05) is 24.3 Å². The highest BCUT2D eigenvalue weighted by molar-refractivity contribution is 5.91. The molecule has 29 heavy (non-hydrogen) atoms. The van der Waals surface area contributed by atoms with E-state index in [0.717, 1.165) is 35.3 Å². The van der Waals surface area contributed by atoms with Crippen molar-refractivity contribution >= 4 is 18.1 Å². The van der Waals surface area contributed by atoms with E-state index in [4.69, 9.17) is 9.84 Å². The summed E-state index contributed by atoms with van der Waals surface area (Å²) in [7, 11) is 0. The van der Waals surface area contributed by atoms with Crippen molar-refractivity contribution in [3.8, 4) is 0 Å². The SMILES string of the molecule is C/C(=C\c1ccc(CNC(=O)OCCC23CC4CC(CC(C4)C2)C3)cc1)C(=O)O. The molecule has 0 aromatic heterocycles. The molecular formula is C24H31NO4. The smallest absolute Gasteiger partial charge is 0.407 e. The first-order valence-corrected chi connectivity index (χ1v) is 10.8. The molecule has 4 bridgehead atoms. The van der Waals surface area contributed by atoms with Gasteiger partial charge in [-0.3, -0.25) is 0 Å². The first-order chi connectivity index (χ1) is 13.9. The van der Waals surface area contributed by atoms with Gasteiger partial charge < -0.3 is 15.2 Å². The molecule has 5 heteroatoms. The van der Waals surface area contributed by atoms with Gasteiger partial charge in [-0.25, -0.2) is 9.59 Å². The largest absolute Gasteiger partial charge is 0.478 e. The number of carboxylic acids is 1. The number of benzene rings is 1. The quantitative estimate of drug-likeness (QED) is 0.634. The minimum absolute atomic E-state index is 0.290. The van der Waals surface area contributed by atoms with Crippen molar-refractivity contribution in [2.24, 2.45) is 23.2 Å². The number of amides is 1. The van der Waals surface area contributed by atoms with E-state index >= 15 is 0 Å². The van der Waals surface area contributed by atoms with Gasteiger partial charge in [0.15, 0.2) is 0 Å².